The third-order valence-electron chi connectivity index (χ3n) is 2.17. The molecule has 1 atom stereocenters. The van der Waals surface area contributed by atoms with Crippen LogP contribution in [0.4, 0.5) is 0 Å². The van der Waals surface area contributed by atoms with Crippen LogP contribution in [0.3, 0.4) is 0 Å². The van der Waals surface area contributed by atoms with Gasteiger partial charge < -0.3 is 15.2 Å². The van der Waals surface area contributed by atoms with Gasteiger partial charge in [-0.1, -0.05) is 17.7 Å². The van der Waals surface area contributed by atoms with E-state index in [4.69, 9.17) is 26.8 Å². The number of hydrogen-bond donors (Lipinski definition) is 1. The second-order valence-electron chi connectivity index (χ2n) is 3.52. The zero-order valence-electron chi connectivity index (χ0n) is 9.70. The standard InChI is InChI=1S/C12H18ClNO2/c1-3-15-6-7-16-12-5-4-10(9(2)14)8-11(12)13/h4-5,8-9H,3,6-7,14H2,1-2H3/t9-/m1/s1. The first-order valence-electron chi connectivity index (χ1n) is 5.40. The molecule has 0 spiro atoms. The van der Waals surface area contributed by atoms with Gasteiger partial charge in [0, 0.05) is 12.6 Å². The second kappa shape index (κ2) is 6.74. The van der Waals surface area contributed by atoms with Crippen LogP contribution in [-0.2, 0) is 4.74 Å². The summed E-state index contributed by atoms with van der Waals surface area (Å²) in [5.74, 6) is 0.672. The summed E-state index contributed by atoms with van der Waals surface area (Å²) in [6.45, 7) is 5.64. The Hall–Kier alpha value is -0.770. The molecule has 0 unspecified atom stereocenters. The smallest absolute Gasteiger partial charge is 0.138 e. The van der Waals surface area contributed by atoms with Crippen LogP contribution in [0.25, 0.3) is 0 Å². The highest BCUT2D eigenvalue weighted by molar-refractivity contribution is 6.32. The average Bonchev–Trinajstić information content (AvgIpc) is 2.26. The summed E-state index contributed by atoms with van der Waals surface area (Å²) < 4.78 is 10.6. The van der Waals surface area contributed by atoms with Gasteiger partial charge in [0.15, 0.2) is 0 Å². The summed E-state index contributed by atoms with van der Waals surface area (Å²) in [4.78, 5) is 0. The van der Waals surface area contributed by atoms with E-state index in [9.17, 15) is 0 Å². The van der Waals surface area contributed by atoms with Gasteiger partial charge in [0.1, 0.15) is 12.4 Å². The molecule has 0 radical (unpaired) electrons. The summed E-state index contributed by atoms with van der Waals surface area (Å²) in [5.41, 5.74) is 6.75. The van der Waals surface area contributed by atoms with Crippen molar-refractivity contribution in [2.45, 2.75) is 19.9 Å². The molecule has 90 valence electrons. The maximum atomic E-state index is 6.06. The van der Waals surface area contributed by atoms with Crippen LogP contribution in [0.1, 0.15) is 25.5 Å². The van der Waals surface area contributed by atoms with Gasteiger partial charge in [-0.05, 0) is 31.5 Å². The number of ether oxygens (including phenoxy) is 2. The van der Waals surface area contributed by atoms with Crippen molar-refractivity contribution in [3.05, 3.63) is 28.8 Å². The lowest BCUT2D eigenvalue weighted by molar-refractivity contribution is 0.110. The van der Waals surface area contributed by atoms with Gasteiger partial charge >= 0.3 is 0 Å². The number of nitrogens with two attached hydrogens (primary N) is 1. The minimum absolute atomic E-state index is 0.0185. The largest absolute Gasteiger partial charge is 0.490 e. The normalized spacial score (nSPS) is 12.5. The van der Waals surface area contributed by atoms with Crippen molar-refractivity contribution in [2.75, 3.05) is 19.8 Å². The SMILES string of the molecule is CCOCCOc1ccc([C@@H](C)N)cc1Cl. The lowest BCUT2D eigenvalue weighted by atomic mass is 10.1. The average molecular weight is 244 g/mol. The summed E-state index contributed by atoms with van der Waals surface area (Å²) in [7, 11) is 0. The maximum Gasteiger partial charge on any atom is 0.138 e. The van der Waals surface area contributed by atoms with E-state index in [1.165, 1.54) is 0 Å². The summed E-state index contributed by atoms with van der Waals surface area (Å²) in [5, 5.41) is 0.589. The van der Waals surface area contributed by atoms with Crippen molar-refractivity contribution in [1.82, 2.24) is 0 Å². The van der Waals surface area contributed by atoms with Gasteiger partial charge in [-0.3, -0.25) is 0 Å². The topological polar surface area (TPSA) is 44.5 Å². The summed E-state index contributed by atoms with van der Waals surface area (Å²) in [6.07, 6.45) is 0. The monoisotopic (exact) mass is 243 g/mol. The van der Waals surface area contributed by atoms with Gasteiger partial charge in [0.05, 0.1) is 11.6 Å². The van der Waals surface area contributed by atoms with Crippen LogP contribution < -0.4 is 10.5 Å². The molecule has 1 aromatic carbocycles. The lowest BCUT2D eigenvalue weighted by Crippen LogP contribution is -2.08. The van der Waals surface area contributed by atoms with Crippen LogP contribution in [0, 0.1) is 0 Å². The van der Waals surface area contributed by atoms with Gasteiger partial charge in [0.25, 0.3) is 0 Å². The molecule has 0 heterocycles. The van der Waals surface area contributed by atoms with E-state index in [0.717, 1.165) is 5.56 Å². The van der Waals surface area contributed by atoms with Gasteiger partial charge in [-0.25, -0.2) is 0 Å². The van der Waals surface area contributed by atoms with Crippen molar-refractivity contribution in [3.63, 3.8) is 0 Å². The van der Waals surface area contributed by atoms with Crippen LogP contribution in [0.5, 0.6) is 5.75 Å². The molecule has 2 N–H and O–H groups in total. The molecule has 0 aliphatic carbocycles. The Morgan fingerprint density at radius 2 is 2.12 bits per heavy atom. The van der Waals surface area contributed by atoms with Crippen LogP contribution in [-0.4, -0.2) is 19.8 Å². The van der Waals surface area contributed by atoms with Crippen molar-refractivity contribution >= 4 is 11.6 Å². The van der Waals surface area contributed by atoms with E-state index in [1.54, 1.807) is 0 Å². The van der Waals surface area contributed by atoms with E-state index >= 15 is 0 Å². The van der Waals surface area contributed by atoms with Gasteiger partial charge in [-0.15, -0.1) is 0 Å². The number of benzene rings is 1. The minimum atomic E-state index is -0.0185. The molecule has 0 aliphatic rings. The molecular weight excluding hydrogens is 226 g/mol. The first-order chi connectivity index (χ1) is 7.65. The Labute approximate surface area is 101 Å². The fourth-order valence-corrected chi connectivity index (χ4v) is 1.52. The molecule has 1 aromatic rings. The molecule has 3 nitrogen and oxygen atoms in total. The van der Waals surface area contributed by atoms with E-state index in [0.29, 0.717) is 30.6 Å². The molecule has 0 amide bonds. The van der Waals surface area contributed by atoms with E-state index in [2.05, 4.69) is 0 Å². The highest BCUT2D eigenvalue weighted by Gasteiger charge is 2.05. The molecule has 16 heavy (non-hydrogen) atoms. The third-order valence-corrected chi connectivity index (χ3v) is 2.47. The first-order valence-corrected chi connectivity index (χ1v) is 5.78. The zero-order valence-corrected chi connectivity index (χ0v) is 10.5. The highest BCUT2D eigenvalue weighted by atomic mass is 35.5. The first kappa shape index (κ1) is 13.3. The van der Waals surface area contributed by atoms with Crippen LogP contribution in [0.15, 0.2) is 18.2 Å². The number of hydrogen-bond acceptors (Lipinski definition) is 3. The fraction of sp³-hybridized carbons (Fsp3) is 0.500. The molecule has 0 bridgehead atoms. The maximum absolute atomic E-state index is 6.06. The van der Waals surface area contributed by atoms with Gasteiger partial charge in [0.2, 0.25) is 0 Å². The molecule has 0 fully saturated rings. The molecule has 0 aromatic heterocycles. The lowest BCUT2D eigenvalue weighted by Gasteiger charge is -2.11. The van der Waals surface area contributed by atoms with Crippen LogP contribution in [0.2, 0.25) is 5.02 Å². The van der Waals surface area contributed by atoms with E-state index in [-0.39, 0.29) is 6.04 Å². The molecule has 4 heteroatoms. The number of rotatable bonds is 6. The highest BCUT2D eigenvalue weighted by Crippen LogP contribution is 2.27. The Morgan fingerprint density at radius 3 is 2.69 bits per heavy atom. The zero-order chi connectivity index (χ0) is 12.0. The molecule has 1 rings (SSSR count). The minimum Gasteiger partial charge on any atom is -0.490 e. The summed E-state index contributed by atoms with van der Waals surface area (Å²) >= 11 is 6.06. The quantitative estimate of drug-likeness (QED) is 0.782. The predicted molar refractivity (Wildman–Crippen MR) is 66.0 cm³/mol. The molecular formula is C12H18ClNO2. The van der Waals surface area contributed by atoms with Crippen LogP contribution >= 0.6 is 11.6 Å². The number of halogens is 1. The Bertz CT molecular complexity index is 329. The van der Waals surface area contributed by atoms with E-state index in [1.807, 2.05) is 32.0 Å². The molecule has 0 saturated carbocycles. The van der Waals surface area contributed by atoms with Crippen molar-refractivity contribution in [1.29, 1.82) is 0 Å². The third kappa shape index (κ3) is 4.00. The van der Waals surface area contributed by atoms with Crippen molar-refractivity contribution < 1.29 is 9.47 Å². The summed E-state index contributed by atoms with van der Waals surface area (Å²) in [6, 6.07) is 5.58. The Balaban J connectivity index is 2.54. The second-order valence-corrected chi connectivity index (χ2v) is 3.93. The van der Waals surface area contributed by atoms with Crippen molar-refractivity contribution in [2.24, 2.45) is 5.73 Å². The predicted octanol–water partition coefficient (Wildman–Crippen LogP) is 2.78. The van der Waals surface area contributed by atoms with E-state index < -0.39 is 0 Å². The fourth-order valence-electron chi connectivity index (χ4n) is 1.27. The molecule has 0 aliphatic heterocycles. The van der Waals surface area contributed by atoms with Crippen molar-refractivity contribution in [3.8, 4) is 5.75 Å². The van der Waals surface area contributed by atoms with Gasteiger partial charge in [-0.2, -0.15) is 0 Å². The Kier molecular flexibility index (Phi) is 5.60. The Morgan fingerprint density at radius 1 is 1.38 bits per heavy atom. The molecule has 0 saturated heterocycles.